The molecule has 0 unspecified atom stereocenters. The molecule has 0 aromatic heterocycles. The second kappa shape index (κ2) is 7.63. The summed E-state index contributed by atoms with van der Waals surface area (Å²) in [7, 11) is 0. The van der Waals surface area contributed by atoms with Gasteiger partial charge in [0.05, 0.1) is 12.7 Å². The van der Waals surface area contributed by atoms with E-state index in [4.69, 9.17) is 9.47 Å². The van der Waals surface area contributed by atoms with Crippen LogP contribution in [0.2, 0.25) is 0 Å². The van der Waals surface area contributed by atoms with E-state index in [0.717, 1.165) is 18.4 Å². The highest BCUT2D eigenvalue weighted by Crippen LogP contribution is 2.23. The molecule has 1 fully saturated rings. The molecule has 1 aromatic rings. The van der Waals surface area contributed by atoms with E-state index in [1.807, 2.05) is 19.9 Å². The Labute approximate surface area is 121 Å². The summed E-state index contributed by atoms with van der Waals surface area (Å²) < 4.78 is 25.0. The molecule has 1 aromatic carbocycles. The molecule has 0 atom stereocenters. The molecule has 2 nitrogen and oxygen atoms in total. The third kappa shape index (κ3) is 4.48. The molecule has 0 bridgehead atoms. The van der Waals surface area contributed by atoms with Gasteiger partial charge in [-0.2, -0.15) is 0 Å². The van der Waals surface area contributed by atoms with Crippen LogP contribution in [0, 0.1) is 5.82 Å². The van der Waals surface area contributed by atoms with Crippen molar-refractivity contribution in [3.63, 3.8) is 0 Å². The normalized spacial score (nSPS) is 16.6. The van der Waals surface area contributed by atoms with E-state index in [-0.39, 0.29) is 5.82 Å². The highest BCUT2D eigenvalue weighted by Gasteiger charge is 2.13. The van der Waals surface area contributed by atoms with Crippen LogP contribution in [0.3, 0.4) is 0 Å². The quantitative estimate of drug-likeness (QED) is 0.705. The molecule has 0 heterocycles. The van der Waals surface area contributed by atoms with E-state index >= 15 is 0 Å². The standard InChI is InChI=1S/C17H25FO2/c1-13(2)14-8-9-17(16(18)12-14)20-11-10-19-15-6-4-3-5-7-15/h8-9,12-13,15H,3-7,10-11H2,1-2H3. The largest absolute Gasteiger partial charge is 0.488 e. The summed E-state index contributed by atoms with van der Waals surface area (Å²) in [5.74, 6) is 0.365. The number of ether oxygens (including phenoxy) is 2. The molecule has 112 valence electrons. The second-order valence-electron chi connectivity index (χ2n) is 5.82. The Morgan fingerprint density at radius 3 is 2.55 bits per heavy atom. The van der Waals surface area contributed by atoms with Gasteiger partial charge in [-0.3, -0.25) is 0 Å². The van der Waals surface area contributed by atoms with Gasteiger partial charge < -0.3 is 9.47 Å². The number of rotatable bonds is 6. The monoisotopic (exact) mass is 280 g/mol. The fraction of sp³-hybridized carbons (Fsp3) is 0.647. The van der Waals surface area contributed by atoms with E-state index < -0.39 is 0 Å². The van der Waals surface area contributed by atoms with Crippen molar-refractivity contribution in [1.82, 2.24) is 0 Å². The van der Waals surface area contributed by atoms with Crippen LogP contribution in [0.4, 0.5) is 4.39 Å². The first-order valence-electron chi connectivity index (χ1n) is 7.70. The molecule has 1 aliphatic rings. The highest BCUT2D eigenvalue weighted by atomic mass is 19.1. The number of hydrogen-bond donors (Lipinski definition) is 0. The van der Waals surface area contributed by atoms with Gasteiger partial charge in [0.15, 0.2) is 11.6 Å². The number of hydrogen-bond acceptors (Lipinski definition) is 2. The summed E-state index contributed by atoms with van der Waals surface area (Å²) in [5.41, 5.74) is 0.994. The Hall–Kier alpha value is -1.09. The van der Waals surface area contributed by atoms with Gasteiger partial charge in [0.1, 0.15) is 6.61 Å². The molecule has 1 saturated carbocycles. The highest BCUT2D eigenvalue weighted by molar-refractivity contribution is 5.30. The maximum Gasteiger partial charge on any atom is 0.165 e. The van der Waals surface area contributed by atoms with Gasteiger partial charge in [-0.05, 0) is 36.5 Å². The molecule has 0 spiro atoms. The smallest absolute Gasteiger partial charge is 0.165 e. The van der Waals surface area contributed by atoms with Crippen LogP contribution in [0.5, 0.6) is 5.75 Å². The van der Waals surface area contributed by atoms with E-state index in [1.54, 1.807) is 12.1 Å². The summed E-state index contributed by atoms with van der Waals surface area (Å²) in [6.45, 7) is 5.05. The maximum atomic E-state index is 13.8. The minimum Gasteiger partial charge on any atom is -0.488 e. The zero-order valence-corrected chi connectivity index (χ0v) is 12.5. The molecule has 0 radical (unpaired) electrons. The van der Waals surface area contributed by atoms with Gasteiger partial charge in [0, 0.05) is 0 Å². The summed E-state index contributed by atoms with van der Waals surface area (Å²) in [4.78, 5) is 0. The van der Waals surface area contributed by atoms with Gasteiger partial charge in [-0.25, -0.2) is 4.39 Å². The lowest BCUT2D eigenvalue weighted by Crippen LogP contribution is -2.20. The van der Waals surface area contributed by atoms with Gasteiger partial charge in [0.25, 0.3) is 0 Å². The maximum absolute atomic E-state index is 13.8. The average molecular weight is 280 g/mol. The van der Waals surface area contributed by atoms with Crippen molar-refractivity contribution in [2.45, 2.75) is 58.0 Å². The van der Waals surface area contributed by atoms with E-state index in [0.29, 0.717) is 31.0 Å². The third-order valence-electron chi connectivity index (χ3n) is 3.87. The van der Waals surface area contributed by atoms with Crippen molar-refractivity contribution in [2.75, 3.05) is 13.2 Å². The van der Waals surface area contributed by atoms with Crippen molar-refractivity contribution < 1.29 is 13.9 Å². The number of halogens is 1. The van der Waals surface area contributed by atoms with Crippen LogP contribution in [0.25, 0.3) is 0 Å². The van der Waals surface area contributed by atoms with Crippen molar-refractivity contribution >= 4 is 0 Å². The number of benzene rings is 1. The Morgan fingerprint density at radius 2 is 1.90 bits per heavy atom. The molecule has 20 heavy (non-hydrogen) atoms. The van der Waals surface area contributed by atoms with Crippen LogP contribution < -0.4 is 4.74 Å². The SMILES string of the molecule is CC(C)c1ccc(OCCOC2CCCCC2)c(F)c1. The van der Waals surface area contributed by atoms with Crippen molar-refractivity contribution in [3.05, 3.63) is 29.6 Å². The lowest BCUT2D eigenvalue weighted by atomic mass is 9.98. The fourth-order valence-electron chi connectivity index (χ4n) is 2.59. The first kappa shape index (κ1) is 15.3. The van der Waals surface area contributed by atoms with Crippen LogP contribution in [-0.2, 0) is 4.74 Å². The van der Waals surface area contributed by atoms with Crippen LogP contribution in [-0.4, -0.2) is 19.3 Å². The molecule has 0 aliphatic heterocycles. The molecule has 0 amide bonds. The van der Waals surface area contributed by atoms with Gasteiger partial charge in [0.2, 0.25) is 0 Å². The van der Waals surface area contributed by atoms with Crippen molar-refractivity contribution in [1.29, 1.82) is 0 Å². The van der Waals surface area contributed by atoms with Gasteiger partial charge in [-0.15, -0.1) is 0 Å². The van der Waals surface area contributed by atoms with Crippen molar-refractivity contribution in [3.8, 4) is 5.75 Å². The predicted molar refractivity (Wildman–Crippen MR) is 78.8 cm³/mol. The average Bonchev–Trinajstić information content (AvgIpc) is 2.46. The van der Waals surface area contributed by atoms with Gasteiger partial charge in [-0.1, -0.05) is 39.2 Å². The first-order chi connectivity index (χ1) is 9.66. The second-order valence-corrected chi connectivity index (χ2v) is 5.82. The molecule has 1 aliphatic carbocycles. The van der Waals surface area contributed by atoms with E-state index in [9.17, 15) is 4.39 Å². The molecule has 2 rings (SSSR count). The zero-order chi connectivity index (χ0) is 14.4. The molecular formula is C17H25FO2. The Morgan fingerprint density at radius 1 is 1.15 bits per heavy atom. The fourth-order valence-corrected chi connectivity index (χ4v) is 2.59. The molecule has 3 heteroatoms. The van der Waals surface area contributed by atoms with E-state index in [2.05, 4.69) is 0 Å². The first-order valence-corrected chi connectivity index (χ1v) is 7.70. The lowest BCUT2D eigenvalue weighted by molar-refractivity contribution is 0.0124. The minimum absolute atomic E-state index is 0.283. The molecule has 0 saturated heterocycles. The third-order valence-corrected chi connectivity index (χ3v) is 3.87. The van der Waals surface area contributed by atoms with Crippen LogP contribution in [0.15, 0.2) is 18.2 Å². The molecule has 0 N–H and O–H groups in total. The zero-order valence-electron chi connectivity index (χ0n) is 12.5. The Bertz CT molecular complexity index is 411. The molecular weight excluding hydrogens is 255 g/mol. The topological polar surface area (TPSA) is 18.5 Å². The Kier molecular flexibility index (Phi) is 5.84. The summed E-state index contributed by atoms with van der Waals surface area (Å²) in [6, 6.07) is 5.19. The van der Waals surface area contributed by atoms with Crippen LogP contribution in [0.1, 0.15) is 57.4 Å². The van der Waals surface area contributed by atoms with E-state index in [1.165, 1.54) is 19.3 Å². The predicted octanol–water partition coefficient (Wildman–Crippen LogP) is 4.68. The van der Waals surface area contributed by atoms with Gasteiger partial charge >= 0.3 is 0 Å². The van der Waals surface area contributed by atoms with Crippen molar-refractivity contribution in [2.24, 2.45) is 0 Å². The Balaban J connectivity index is 1.73. The van der Waals surface area contributed by atoms with Crippen LogP contribution >= 0.6 is 0 Å². The summed E-state index contributed by atoms with van der Waals surface area (Å²) in [5, 5.41) is 0. The minimum atomic E-state index is -0.283. The summed E-state index contributed by atoms with van der Waals surface area (Å²) >= 11 is 0. The lowest BCUT2D eigenvalue weighted by Gasteiger charge is -2.22. The summed E-state index contributed by atoms with van der Waals surface area (Å²) in [6.07, 6.45) is 6.52.